The zero-order chi connectivity index (χ0) is 9.61. The molecule has 70 valence electrons. The average Bonchev–Trinajstić information content (AvgIpc) is 1.83. The molecule has 12 heavy (non-hydrogen) atoms. The van der Waals surface area contributed by atoms with E-state index in [-0.39, 0.29) is 6.61 Å². The zero-order valence-electron chi connectivity index (χ0n) is 6.60. The van der Waals surface area contributed by atoms with Crippen molar-refractivity contribution < 1.29 is 22.5 Å². The largest absolute Gasteiger partial charge is 0.482 e. The molecule has 0 heterocycles. The Morgan fingerprint density at radius 2 is 2.00 bits per heavy atom. The van der Waals surface area contributed by atoms with Crippen LogP contribution in [0.2, 0.25) is 6.32 Å². The van der Waals surface area contributed by atoms with Crippen molar-refractivity contribution in [2.24, 2.45) is 0 Å². The van der Waals surface area contributed by atoms with Gasteiger partial charge >= 0.3 is 12.9 Å². The molecule has 0 rings (SSSR count). The van der Waals surface area contributed by atoms with E-state index in [1.54, 1.807) is 0 Å². The third kappa shape index (κ3) is 9.06. The van der Waals surface area contributed by atoms with Crippen molar-refractivity contribution in [3.8, 4) is 0 Å². The van der Waals surface area contributed by atoms with Crippen molar-refractivity contribution in [2.45, 2.75) is 13.2 Å². The zero-order valence-corrected chi connectivity index (χ0v) is 6.60. The highest BCUT2D eigenvalue weighted by atomic mass is 19.4. The summed E-state index contributed by atoms with van der Waals surface area (Å²) < 4.78 is 39.0. The Hall–Kier alpha value is -0.935. The van der Waals surface area contributed by atoms with Crippen LogP contribution < -0.4 is 0 Å². The molecule has 6 heteroatoms. The van der Waals surface area contributed by atoms with E-state index < -0.39 is 19.3 Å². The SMILES string of the molecule is CC(=O)OC/C=C/C[B-](F)(F)F. The predicted molar refractivity (Wildman–Crippen MR) is 39.7 cm³/mol. The van der Waals surface area contributed by atoms with Crippen LogP contribution >= 0.6 is 0 Å². The molecule has 0 aromatic rings. The molecule has 2 nitrogen and oxygen atoms in total. The molecule has 0 aliphatic rings. The van der Waals surface area contributed by atoms with E-state index in [9.17, 15) is 17.7 Å². The predicted octanol–water partition coefficient (Wildman–Crippen LogP) is 1.95. The van der Waals surface area contributed by atoms with Gasteiger partial charge in [0.1, 0.15) is 6.61 Å². The first-order valence-corrected chi connectivity index (χ1v) is 3.41. The first-order chi connectivity index (χ1) is 5.42. The Kier molecular flexibility index (Phi) is 4.47. The topological polar surface area (TPSA) is 26.3 Å². The van der Waals surface area contributed by atoms with Crippen molar-refractivity contribution in [1.29, 1.82) is 0 Å². The molecule has 0 bridgehead atoms. The van der Waals surface area contributed by atoms with Crippen molar-refractivity contribution in [2.75, 3.05) is 6.61 Å². The highest BCUT2D eigenvalue weighted by Crippen LogP contribution is 2.14. The standard InChI is InChI=1S/C6H9BF3O2/c1-6(11)12-5-3-2-4-7(8,9)10/h2-3H,4-5H2,1H3/q-1/b3-2+. The number of hydrogen-bond donors (Lipinski definition) is 0. The normalized spacial score (nSPS) is 12.0. The quantitative estimate of drug-likeness (QED) is 0.376. The van der Waals surface area contributed by atoms with Gasteiger partial charge in [-0.15, -0.1) is 6.08 Å². The number of carbonyl (C=O) groups excluding carboxylic acids is 1. The number of hydrogen-bond acceptors (Lipinski definition) is 2. The van der Waals surface area contributed by atoms with Crippen LogP contribution in [0.5, 0.6) is 0 Å². The minimum absolute atomic E-state index is 0.0957. The first-order valence-electron chi connectivity index (χ1n) is 3.41. The van der Waals surface area contributed by atoms with E-state index in [2.05, 4.69) is 4.74 Å². The Morgan fingerprint density at radius 1 is 1.42 bits per heavy atom. The van der Waals surface area contributed by atoms with Crippen LogP contribution in [-0.4, -0.2) is 19.6 Å². The maximum absolute atomic E-state index is 11.5. The fraction of sp³-hybridized carbons (Fsp3) is 0.500. The van der Waals surface area contributed by atoms with Gasteiger partial charge in [-0.05, 0) is 0 Å². The molecule has 0 aliphatic carbocycles. The van der Waals surface area contributed by atoms with Gasteiger partial charge in [0.25, 0.3) is 0 Å². The summed E-state index contributed by atoms with van der Waals surface area (Å²) >= 11 is 0. The fourth-order valence-corrected chi connectivity index (χ4v) is 0.484. The summed E-state index contributed by atoms with van der Waals surface area (Å²) in [5.74, 6) is -0.503. The van der Waals surface area contributed by atoms with Crippen LogP contribution in [0.3, 0.4) is 0 Å². The fourth-order valence-electron chi connectivity index (χ4n) is 0.484. The lowest BCUT2D eigenvalue weighted by molar-refractivity contribution is -0.139. The van der Waals surface area contributed by atoms with Crippen LogP contribution in [-0.2, 0) is 9.53 Å². The summed E-state index contributed by atoms with van der Waals surface area (Å²) in [6.07, 6.45) is 1.20. The molecule has 0 atom stereocenters. The molecule has 0 aliphatic heterocycles. The van der Waals surface area contributed by atoms with E-state index in [1.807, 2.05) is 0 Å². The Labute approximate surface area is 68.5 Å². The second-order valence-corrected chi connectivity index (χ2v) is 2.22. The van der Waals surface area contributed by atoms with Crippen LogP contribution in [0.15, 0.2) is 12.2 Å². The van der Waals surface area contributed by atoms with Crippen molar-refractivity contribution in [3.05, 3.63) is 12.2 Å². The molecule has 0 spiro atoms. The second kappa shape index (κ2) is 4.85. The summed E-state index contributed by atoms with van der Waals surface area (Å²) in [4.78, 5) is 10.1. The highest BCUT2D eigenvalue weighted by molar-refractivity contribution is 6.58. The average molecular weight is 181 g/mol. The molecule has 0 amide bonds. The van der Waals surface area contributed by atoms with E-state index in [0.717, 1.165) is 6.08 Å². The number of carbonyl (C=O) groups is 1. The maximum atomic E-state index is 11.5. The summed E-state index contributed by atoms with van der Waals surface area (Å²) in [6.45, 7) is -3.66. The Bertz CT molecular complexity index is 176. The molecule has 0 aromatic heterocycles. The van der Waals surface area contributed by atoms with Gasteiger partial charge in [-0.3, -0.25) is 4.79 Å². The first kappa shape index (κ1) is 11.1. The third-order valence-corrected chi connectivity index (χ3v) is 0.953. The highest BCUT2D eigenvalue weighted by Gasteiger charge is 2.19. The van der Waals surface area contributed by atoms with Crippen LogP contribution in [0.25, 0.3) is 0 Å². The van der Waals surface area contributed by atoms with Gasteiger partial charge in [0.05, 0.1) is 0 Å². The van der Waals surface area contributed by atoms with Gasteiger partial charge in [0, 0.05) is 6.92 Å². The molecular formula is C6H9BF3O2-. The number of esters is 1. The lowest BCUT2D eigenvalue weighted by Gasteiger charge is -2.08. The van der Waals surface area contributed by atoms with Gasteiger partial charge < -0.3 is 17.7 Å². The van der Waals surface area contributed by atoms with E-state index >= 15 is 0 Å². The molecule has 0 unspecified atom stereocenters. The van der Waals surface area contributed by atoms with Crippen LogP contribution in [0.1, 0.15) is 6.92 Å². The number of ether oxygens (including phenoxy) is 1. The van der Waals surface area contributed by atoms with Crippen LogP contribution in [0, 0.1) is 0 Å². The third-order valence-electron chi connectivity index (χ3n) is 0.953. The summed E-state index contributed by atoms with van der Waals surface area (Å²) in [5, 5.41) is 0. The summed E-state index contributed by atoms with van der Waals surface area (Å²) in [6, 6.07) is 0. The molecule has 0 N–H and O–H groups in total. The summed E-state index contributed by atoms with van der Waals surface area (Å²) in [7, 11) is 0. The van der Waals surface area contributed by atoms with Gasteiger partial charge in [0.15, 0.2) is 0 Å². The monoisotopic (exact) mass is 181 g/mol. The van der Waals surface area contributed by atoms with Crippen LogP contribution in [0.4, 0.5) is 12.9 Å². The lowest BCUT2D eigenvalue weighted by Crippen LogP contribution is -2.12. The van der Waals surface area contributed by atoms with Gasteiger partial charge in [-0.1, -0.05) is 12.4 Å². The number of halogens is 3. The molecule has 0 aromatic carbocycles. The van der Waals surface area contributed by atoms with Gasteiger partial charge in [-0.25, -0.2) is 0 Å². The van der Waals surface area contributed by atoms with Crippen molar-refractivity contribution in [1.82, 2.24) is 0 Å². The van der Waals surface area contributed by atoms with Crippen molar-refractivity contribution in [3.63, 3.8) is 0 Å². The smallest absolute Gasteiger partial charge is 0.462 e. The van der Waals surface area contributed by atoms with E-state index in [0.29, 0.717) is 0 Å². The van der Waals surface area contributed by atoms with Gasteiger partial charge in [-0.2, -0.15) is 0 Å². The lowest BCUT2D eigenvalue weighted by atomic mass is 9.86. The van der Waals surface area contributed by atoms with Gasteiger partial charge in [0.2, 0.25) is 0 Å². The minimum Gasteiger partial charge on any atom is -0.462 e. The number of allylic oxidation sites excluding steroid dienone is 1. The molecule has 0 saturated heterocycles. The second-order valence-electron chi connectivity index (χ2n) is 2.22. The molecule has 0 radical (unpaired) electrons. The Morgan fingerprint density at radius 3 is 2.42 bits per heavy atom. The molecular weight excluding hydrogens is 172 g/mol. The van der Waals surface area contributed by atoms with E-state index in [4.69, 9.17) is 0 Å². The summed E-state index contributed by atoms with van der Waals surface area (Å²) in [5.41, 5.74) is 0. The Balaban J connectivity index is 3.45. The maximum Gasteiger partial charge on any atom is 0.482 e. The molecule has 0 fully saturated rings. The number of rotatable bonds is 4. The van der Waals surface area contributed by atoms with Crippen molar-refractivity contribution >= 4 is 12.9 Å². The minimum atomic E-state index is -4.76. The van der Waals surface area contributed by atoms with E-state index in [1.165, 1.54) is 13.0 Å². The molecule has 0 saturated carbocycles.